The normalized spacial score (nSPS) is 18.3. The van der Waals surface area contributed by atoms with Crippen LogP contribution in [0.1, 0.15) is 5.56 Å². The minimum Gasteiger partial charge on any atom is -0.296 e. The SMILES string of the molecule is CN1C(=O)/C(=C/c2cccc(Cl)c2Cl)SC1=S. The minimum absolute atomic E-state index is 0.115. The number of thioether (sulfide) groups is 1. The maximum absolute atomic E-state index is 11.8. The third kappa shape index (κ3) is 2.50. The van der Waals surface area contributed by atoms with Gasteiger partial charge in [0.1, 0.15) is 4.32 Å². The van der Waals surface area contributed by atoms with E-state index in [1.807, 2.05) is 0 Å². The van der Waals surface area contributed by atoms with Crippen molar-refractivity contribution in [2.75, 3.05) is 7.05 Å². The highest BCUT2D eigenvalue weighted by atomic mass is 35.5. The number of rotatable bonds is 1. The first kappa shape index (κ1) is 12.9. The summed E-state index contributed by atoms with van der Waals surface area (Å²) in [6, 6.07) is 5.29. The van der Waals surface area contributed by atoms with Crippen molar-refractivity contribution in [3.63, 3.8) is 0 Å². The van der Waals surface area contributed by atoms with Crippen LogP contribution in [0, 0.1) is 0 Å². The standard InChI is InChI=1S/C11H7Cl2NOS2/c1-14-10(15)8(17-11(14)16)5-6-3-2-4-7(12)9(6)13/h2-5H,1H3/b8-5-. The molecule has 1 heterocycles. The van der Waals surface area contributed by atoms with Crippen molar-refractivity contribution in [3.05, 3.63) is 38.7 Å². The number of likely N-dealkylation sites (N-methyl/N-ethyl adjacent to an activating group) is 1. The quantitative estimate of drug-likeness (QED) is 0.581. The number of amides is 1. The Morgan fingerprint density at radius 1 is 1.41 bits per heavy atom. The van der Waals surface area contributed by atoms with Gasteiger partial charge in [0.25, 0.3) is 5.91 Å². The molecule has 0 saturated carbocycles. The lowest BCUT2D eigenvalue weighted by molar-refractivity contribution is -0.121. The Kier molecular flexibility index (Phi) is 3.78. The van der Waals surface area contributed by atoms with E-state index in [1.54, 1.807) is 31.3 Å². The van der Waals surface area contributed by atoms with Crippen LogP contribution in [-0.4, -0.2) is 22.2 Å². The first-order valence-electron chi connectivity index (χ1n) is 4.66. The van der Waals surface area contributed by atoms with Crippen molar-refractivity contribution >= 4 is 63.5 Å². The lowest BCUT2D eigenvalue weighted by Gasteiger charge is -2.04. The van der Waals surface area contributed by atoms with Crippen LogP contribution in [0.15, 0.2) is 23.1 Å². The molecule has 0 N–H and O–H groups in total. The fourth-order valence-corrected chi connectivity index (χ4v) is 2.85. The summed E-state index contributed by atoms with van der Waals surface area (Å²) in [4.78, 5) is 13.8. The van der Waals surface area contributed by atoms with E-state index < -0.39 is 0 Å². The Morgan fingerprint density at radius 2 is 2.12 bits per heavy atom. The Balaban J connectivity index is 2.41. The van der Waals surface area contributed by atoms with Crippen LogP contribution in [0.5, 0.6) is 0 Å². The Hall–Kier alpha value is -0.550. The van der Waals surface area contributed by atoms with Gasteiger partial charge < -0.3 is 0 Å². The molecule has 0 atom stereocenters. The number of carbonyl (C=O) groups excluding carboxylic acids is 1. The zero-order chi connectivity index (χ0) is 12.6. The summed E-state index contributed by atoms with van der Waals surface area (Å²) in [5.41, 5.74) is 0.716. The highest BCUT2D eigenvalue weighted by Crippen LogP contribution is 2.34. The number of thiocarbonyl (C=S) groups is 1. The molecule has 88 valence electrons. The zero-order valence-corrected chi connectivity index (χ0v) is 11.9. The van der Waals surface area contributed by atoms with Gasteiger partial charge in [0, 0.05) is 7.05 Å². The molecule has 0 aliphatic carbocycles. The fourth-order valence-electron chi connectivity index (χ4n) is 1.32. The van der Waals surface area contributed by atoms with E-state index in [0.717, 1.165) is 0 Å². The van der Waals surface area contributed by atoms with E-state index in [0.29, 0.717) is 24.8 Å². The minimum atomic E-state index is -0.115. The van der Waals surface area contributed by atoms with Crippen LogP contribution in [-0.2, 0) is 4.79 Å². The van der Waals surface area contributed by atoms with Crippen LogP contribution in [0.25, 0.3) is 6.08 Å². The molecule has 1 fully saturated rings. The summed E-state index contributed by atoms with van der Waals surface area (Å²) < 4.78 is 0.541. The van der Waals surface area contributed by atoms with Gasteiger partial charge in [-0.2, -0.15) is 0 Å². The van der Waals surface area contributed by atoms with Gasteiger partial charge in [-0.1, -0.05) is 59.3 Å². The van der Waals surface area contributed by atoms with Crippen molar-refractivity contribution in [2.24, 2.45) is 0 Å². The smallest absolute Gasteiger partial charge is 0.265 e. The Morgan fingerprint density at radius 3 is 2.71 bits per heavy atom. The molecule has 1 amide bonds. The molecule has 1 aromatic rings. The molecule has 2 rings (SSSR count). The van der Waals surface area contributed by atoms with E-state index in [4.69, 9.17) is 35.4 Å². The van der Waals surface area contributed by atoms with Gasteiger partial charge in [-0.3, -0.25) is 9.69 Å². The maximum Gasteiger partial charge on any atom is 0.265 e. The zero-order valence-electron chi connectivity index (χ0n) is 8.74. The summed E-state index contributed by atoms with van der Waals surface area (Å²) in [6.45, 7) is 0. The van der Waals surface area contributed by atoms with E-state index in [-0.39, 0.29) is 5.91 Å². The molecule has 1 aromatic carbocycles. The van der Waals surface area contributed by atoms with E-state index in [9.17, 15) is 4.79 Å². The van der Waals surface area contributed by atoms with Gasteiger partial charge in [-0.15, -0.1) is 0 Å². The average molecular weight is 304 g/mol. The van der Waals surface area contributed by atoms with Crippen LogP contribution in [0.4, 0.5) is 0 Å². The largest absolute Gasteiger partial charge is 0.296 e. The van der Waals surface area contributed by atoms with Crippen LogP contribution in [0.3, 0.4) is 0 Å². The molecule has 2 nitrogen and oxygen atoms in total. The van der Waals surface area contributed by atoms with Gasteiger partial charge in [-0.05, 0) is 17.7 Å². The maximum atomic E-state index is 11.8. The van der Waals surface area contributed by atoms with Gasteiger partial charge in [0.05, 0.1) is 15.0 Å². The van der Waals surface area contributed by atoms with Crippen molar-refractivity contribution in [3.8, 4) is 0 Å². The van der Waals surface area contributed by atoms with Crippen LogP contribution < -0.4 is 0 Å². The molecule has 1 saturated heterocycles. The number of carbonyl (C=O) groups is 1. The molecule has 17 heavy (non-hydrogen) atoms. The molecule has 0 aromatic heterocycles. The predicted octanol–water partition coefficient (Wildman–Crippen LogP) is 3.82. The van der Waals surface area contributed by atoms with Crippen LogP contribution in [0.2, 0.25) is 10.0 Å². The highest BCUT2D eigenvalue weighted by molar-refractivity contribution is 8.26. The van der Waals surface area contributed by atoms with Crippen molar-refractivity contribution in [1.82, 2.24) is 4.90 Å². The lowest BCUT2D eigenvalue weighted by Crippen LogP contribution is -2.22. The molecule has 0 radical (unpaired) electrons. The molecule has 6 heteroatoms. The molecular formula is C11H7Cl2NOS2. The van der Waals surface area contributed by atoms with Crippen molar-refractivity contribution in [1.29, 1.82) is 0 Å². The third-order valence-corrected chi connectivity index (χ3v) is 4.57. The number of benzene rings is 1. The van der Waals surface area contributed by atoms with Gasteiger partial charge in [0.15, 0.2) is 0 Å². The summed E-state index contributed by atoms with van der Waals surface area (Å²) in [7, 11) is 1.65. The molecule has 0 bridgehead atoms. The molecule has 1 aliphatic rings. The summed E-state index contributed by atoms with van der Waals surface area (Å²) in [5, 5.41) is 0.905. The van der Waals surface area contributed by atoms with E-state index >= 15 is 0 Å². The van der Waals surface area contributed by atoms with Crippen molar-refractivity contribution in [2.45, 2.75) is 0 Å². The molecular weight excluding hydrogens is 297 g/mol. The second kappa shape index (κ2) is 4.98. The summed E-state index contributed by atoms with van der Waals surface area (Å²) >= 11 is 18.2. The predicted molar refractivity (Wildman–Crippen MR) is 77.4 cm³/mol. The Bertz CT molecular complexity index is 542. The fraction of sp³-hybridized carbons (Fsp3) is 0.0909. The second-order valence-electron chi connectivity index (χ2n) is 3.38. The number of nitrogens with zero attached hydrogens (tertiary/aromatic N) is 1. The molecule has 0 unspecified atom stereocenters. The van der Waals surface area contributed by atoms with E-state index in [2.05, 4.69) is 0 Å². The summed E-state index contributed by atoms with van der Waals surface area (Å²) in [5.74, 6) is -0.115. The Labute approximate surface area is 119 Å². The first-order chi connectivity index (χ1) is 8.00. The van der Waals surface area contributed by atoms with Gasteiger partial charge >= 0.3 is 0 Å². The lowest BCUT2D eigenvalue weighted by atomic mass is 10.2. The topological polar surface area (TPSA) is 20.3 Å². The van der Waals surface area contributed by atoms with Gasteiger partial charge in [-0.25, -0.2) is 0 Å². The highest BCUT2D eigenvalue weighted by Gasteiger charge is 2.28. The monoisotopic (exact) mass is 303 g/mol. The van der Waals surface area contributed by atoms with Crippen molar-refractivity contribution < 1.29 is 4.79 Å². The second-order valence-corrected chi connectivity index (χ2v) is 5.84. The summed E-state index contributed by atoms with van der Waals surface area (Å²) in [6.07, 6.45) is 1.71. The number of hydrogen-bond donors (Lipinski definition) is 0. The number of hydrogen-bond acceptors (Lipinski definition) is 3. The third-order valence-electron chi connectivity index (χ3n) is 2.25. The molecule has 1 aliphatic heterocycles. The van der Waals surface area contributed by atoms with Crippen LogP contribution >= 0.6 is 47.2 Å². The van der Waals surface area contributed by atoms with E-state index in [1.165, 1.54) is 16.7 Å². The average Bonchev–Trinajstić information content (AvgIpc) is 2.53. The van der Waals surface area contributed by atoms with Gasteiger partial charge in [0.2, 0.25) is 0 Å². The number of halogens is 2. The molecule has 0 spiro atoms. The first-order valence-corrected chi connectivity index (χ1v) is 6.64.